The van der Waals surface area contributed by atoms with Gasteiger partial charge in [0, 0.05) is 50.6 Å². The number of nitro groups is 1. The number of hydrogen-bond acceptors (Lipinski definition) is 9. The summed E-state index contributed by atoms with van der Waals surface area (Å²) in [7, 11) is 7.10. The van der Waals surface area contributed by atoms with Gasteiger partial charge >= 0.3 is 5.69 Å². The van der Waals surface area contributed by atoms with Crippen molar-refractivity contribution in [3.8, 4) is 11.6 Å². The van der Waals surface area contributed by atoms with Crippen molar-refractivity contribution in [1.29, 1.82) is 0 Å². The summed E-state index contributed by atoms with van der Waals surface area (Å²) in [6.45, 7) is 4.95. The lowest BCUT2D eigenvalue weighted by Gasteiger charge is -2.22. The topological polar surface area (TPSA) is 124 Å². The van der Waals surface area contributed by atoms with Crippen molar-refractivity contribution in [2.24, 2.45) is 0 Å². The number of nitrogens with one attached hydrogen (secondary N) is 1. The molecule has 0 fully saturated rings. The largest absolute Gasteiger partial charge is 0.494 e. The number of likely N-dealkylation sites (N-methyl/N-ethyl adjacent to an activating group) is 2. The van der Waals surface area contributed by atoms with Crippen LogP contribution < -0.4 is 20.6 Å². The van der Waals surface area contributed by atoms with Gasteiger partial charge in [0.1, 0.15) is 23.1 Å². The lowest BCUT2D eigenvalue weighted by molar-refractivity contribution is -0.384. The molecule has 0 aliphatic heterocycles. The molecule has 13 heteroatoms. The highest BCUT2D eigenvalue weighted by molar-refractivity contribution is 5.79. The average molecular weight is 539 g/mol. The molecule has 39 heavy (non-hydrogen) atoms. The zero-order valence-electron chi connectivity index (χ0n) is 22.7. The van der Waals surface area contributed by atoms with Gasteiger partial charge in [-0.2, -0.15) is 4.98 Å². The molecule has 0 aliphatic rings. The monoisotopic (exact) mass is 538 g/mol. The summed E-state index contributed by atoms with van der Waals surface area (Å²) in [5.41, 5.74) is 1.11. The minimum atomic E-state index is -0.456. The van der Waals surface area contributed by atoms with Crippen LogP contribution in [0.25, 0.3) is 16.9 Å². The van der Waals surface area contributed by atoms with E-state index in [1.54, 1.807) is 24.1 Å². The molecule has 2 aromatic heterocycles. The number of anilines is 3. The van der Waals surface area contributed by atoms with Gasteiger partial charge in [0.25, 0.3) is 5.69 Å². The van der Waals surface area contributed by atoms with Crippen molar-refractivity contribution in [3.05, 3.63) is 69.0 Å². The maximum atomic E-state index is 14.0. The van der Waals surface area contributed by atoms with Gasteiger partial charge in [-0.1, -0.05) is 0 Å². The first-order valence-electron chi connectivity index (χ1n) is 12.3. The summed E-state index contributed by atoms with van der Waals surface area (Å²) in [4.78, 5) is 37.4. The minimum Gasteiger partial charge on any atom is -0.494 e. The predicted molar refractivity (Wildman–Crippen MR) is 148 cm³/mol. The number of fused-ring (bicyclic) bond motifs is 1. The number of nitro benzene ring substituents is 1. The Morgan fingerprint density at radius 1 is 1.13 bits per heavy atom. The molecule has 0 atom stereocenters. The number of benzene rings is 2. The highest BCUT2D eigenvalue weighted by Crippen LogP contribution is 2.39. The van der Waals surface area contributed by atoms with E-state index in [0.717, 1.165) is 0 Å². The fourth-order valence-electron chi connectivity index (χ4n) is 4.31. The Morgan fingerprint density at radius 2 is 1.87 bits per heavy atom. The Morgan fingerprint density at radius 3 is 2.51 bits per heavy atom. The van der Waals surface area contributed by atoms with Crippen molar-refractivity contribution in [2.75, 3.05) is 51.6 Å². The number of halogens is 1. The normalized spacial score (nSPS) is 11.4. The molecule has 2 heterocycles. The van der Waals surface area contributed by atoms with Crippen molar-refractivity contribution in [2.45, 2.75) is 19.9 Å². The average Bonchev–Trinajstić information content (AvgIpc) is 3.17. The molecule has 12 nitrogen and oxygen atoms in total. The minimum absolute atomic E-state index is 0.0910. The molecule has 0 amide bonds. The molecular formula is C26H31FN8O4. The Hall–Kier alpha value is -4.52. The van der Waals surface area contributed by atoms with E-state index >= 15 is 0 Å². The number of hydrogen-bond donors (Lipinski definition) is 1. The first-order chi connectivity index (χ1) is 18.5. The van der Waals surface area contributed by atoms with Gasteiger partial charge in [-0.05, 0) is 46.1 Å². The maximum absolute atomic E-state index is 14.0. The van der Waals surface area contributed by atoms with E-state index < -0.39 is 10.7 Å². The summed E-state index contributed by atoms with van der Waals surface area (Å²) in [5.74, 6) is 0.240. The molecule has 0 saturated heterocycles. The molecule has 206 valence electrons. The quantitative estimate of drug-likeness (QED) is 0.236. The molecule has 4 aromatic rings. The number of methoxy groups -OCH3 is 1. The summed E-state index contributed by atoms with van der Waals surface area (Å²) < 4.78 is 22.4. The number of aromatic nitrogens is 4. The summed E-state index contributed by atoms with van der Waals surface area (Å²) in [6.07, 6.45) is 1.46. The van der Waals surface area contributed by atoms with E-state index in [0.29, 0.717) is 35.6 Å². The molecule has 4 rings (SSSR count). The third-order valence-corrected chi connectivity index (χ3v) is 6.26. The first kappa shape index (κ1) is 27.5. The van der Waals surface area contributed by atoms with E-state index in [2.05, 4.69) is 15.3 Å². The molecule has 0 saturated carbocycles. The van der Waals surface area contributed by atoms with Crippen LogP contribution in [0.2, 0.25) is 0 Å². The molecule has 0 unspecified atom stereocenters. The molecule has 0 radical (unpaired) electrons. The van der Waals surface area contributed by atoms with Crippen LogP contribution in [0.4, 0.5) is 27.4 Å². The third-order valence-electron chi connectivity index (χ3n) is 6.26. The lowest BCUT2D eigenvalue weighted by Crippen LogP contribution is -2.29. The smallest absolute Gasteiger partial charge is 0.335 e. The van der Waals surface area contributed by atoms with Crippen LogP contribution in [0.15, 0.2) is 47.4 Å². The van der Waals surface area contributed by atoms with E-state index in [1.165, 1.54) is 46.7 Å². The van der Waals surface area contributed by atoms with Gasteiger partial charge in [-0.3, -0.25) is 14.7 Å². The second kappa shape index (κ2) is 11.1. The molecule has 0 aliphatic carbocycles. The van der Waals surface area contributed by atoms with Gasteiger partial charge in [-0.15, -0.1) is 0 Å². The predicted octanol–water partition coefficient (Wildman–Crippen LogP) is 3.96. The van der Waals surface area contributed by atoms with E-state index in [-0.39, 0.29) is 34.9 Å². The van der Waals surface area contributed by atoms with Crippen molar-refractivity contribution >= 4 is 34.0 Å². The molecule has 0 bridgehead atoms. The van der Waals surface area contributed by atoms with Gasteiger partial charge in [-0.25, -0.2) is 18.7 Å². The van der Waals surface area contributed by atoms with Crippen LogP contribution in [0.3, 0.4) is 0 Å². The molecule has 1 N–H and O–H groups in total. The number of rotatable bonds is 10. The van der Waals surface area contributed by atoms with Crippen molar-refractivity contribution in [3.63, 3.8) is 0 Å². The Labute approximate surface area is 224 Å². The fourth-order valence-corrected chi connectivity index (χ4v) is 4.31. The second-order valence-electron chi connectivity index (χ2n) is 9.60. The zero-order valence-corrected chi connectivity index (χ0v) is 22.7. The Kier molecular flexibility index (Phi) is 7.81. The van der Waals surface area contributed by atoms with E-state index in [9.17, 15) is 19.3 Å². The van der Waals surface area contributed by atoms with Crippen LogP contribution in [-0.2, 0) is 0 Å². The fraction of sp³-hybridized carbons (Fsp3) is 0.346. The van der Waals surface area contributed by atoms with Crippen LogP contribution in [0.1, 0.15) is 19.9 Å². The first-order valence-corrected chi connectivity index (χ1v) is 12.3. The van der Waals surface area contributed by atoms with E-state index in [4.69, 9.17) is 4.74 Å². The van der Waals surface area contributed by atoms with Crippen molar-refractivity contribution < 1.29 is 14.1 Å². The molecule has 0 spiro atoms. The van der Waals surface area contributed by atoms with Gasteiger partial charge < -0.3 is 19.9 Å². The summed E-state index contributed by atoms with van der Waals surface area (Å²) in [5, 5.41) is 14.9. The van der Waals surface area contributed by atoms with Gasteiger partial charge in [0.2, 0.25) is 5.95 Å². The standard InChI is InChI=1S/C26H31FN8O4/c1-16(2)33-21-13-17(27)7-8-19(21)34(26(33)36)24-9-10-28-25(30-24)29-18-14-22(35(37)38)20(15-23(18)39-6)32(5)12-11-31(3)4/h7-10,13-16H,11-12H2,1-6H3,(H,28,29,30). The summed E-state index contributed by atoms with van der Waals surface area (Å²) >= 11 is 0. The van der Waals surface area contributed by atoms with Crippen molar-refractivity contribution in [1.82, 2.24) is 24.0 Å². The highest BCUT2D eigenvalue weighted by atomic mass is 19.1. The zero-order chi connectivity index (χ0) is 28.4. The molecule has 2 aromatic carbocycles. The number of imidazole rings is 1. The second-order valence-corrected chi connectivity index (χ2v) is 9.60. The Balaban J connectivity index is 1.76. The highest BCUT2D eigenvalue weighted by Gasteiger charge is 2.23. The number of nitrogens with zero attached hydrogens (tertiary/aromatic N) is 7. The van der Waals surface area contributed by atoms with Gasteiger partial charge in [0.05, 0.1) is 28.8 Å². The maximum Gasteiger partial charge on any atom is 0.335 e. The van der Waals surface area contributed by atoms with Crippen LogP contribution in [-0.4, -0.2) is 70.3 Å². The van der Waals surface area contributed by atoms with Crippen LogP contribution >= 0.6 is 0 Å². The third kappa shape index (κ3) is 5.53. The molecular weight excluding hydrogens is 507 g/mol. The van der Waals surface area contributed by atoms with Crippen LogP contribution in [0, 0.1) is 15.9 Å². The number of ether oxygens (including phenoxy) is 1. The SMILES string of the molecule is COc1cc(N(C)CCN(C)C)c([N+](=O)[O-])cc1Nc1nccc(-n2c(=O)n(C(C)C)c3cc(F)ccc32)n1. The van der Waals surface area contributed by atoms with Crippen LogP contribution in [0.5, 0.6) is 5.75 Å². The van der Waals surface area contributed by atoms with E-state index in [1.807, 2.05) is 32.8 Å². The Bertz CT molecular complexity index is 1580. The van der Waals surface area contributed by atoms with Gasteiger partial charge in [0.15, 0.2) is 0 Å². The lowest BCUT2D eigenvalue weighted by atomic mass is 10.2. The summed E-state index contributed by atoms with van der Waals surface area (Å²) in [6, 6.07) is 8.42.